The largest absolute Gasteiger partial charge is 0.497 e. The van der Waals surface area contributed by atoms with E-state index in [1.165, 1.54) is 13.5 Å². The van der Waals surface area contributed by atoms with Gasteiger partial charge in [-0.05, 0) is 30.5 Å². The van der Waals surface area contributed by atoms with Crippen LogP contribution in [0.2, 0.25) is 0 Å². The molecule has 1 aliphatic carbocycles. The number of nitrogens with one attached hydrogen (secondary N) is 2. The van der Waals surface area contributed by atoms with Crippen LogP contribution in [-0.2, 0) is 16.0 Å². The maximum atomic E-state index is 13.1. The Kier molecular flexibility index (Phi) is 7.71. The second-order valence-corrected chi connectivity index (χ2v) is 7.64. The van der Waals surface area contributed by atoms with Crippen LogP contribution in [0.3, 0.4) is 0 Å². The lowest BCUT2D eigenvalue weighted by molar-refractivity contribution is -0.130. The van der Waals surface area contributed by atoms with E-state index < -0.39 is 6.04 Å². The molecular weight excluding hydrogens is 380 g/mol. The molecule has 0 saturated heterocycles. The maximum Gasteiger partial charge on any atom is 0.247 e. The molecular formula is C24H30N2O4. The van der Waals surface area contributed by atoms with Crippen molar-refractivity contribution in [3.63, 3.8) is 0 Å². The highest BCUT2D eigenvalue weighted by atomic mass is 16.5. The molecule has 0 heterocycles. The molecule has 160 valence electrons. The first kappa shape index (κ1) is 21.7. The molecule has 0 aromatic heterocycles. The van der Waals surface area contributed by atoms with Crippen molar-refractivity contribution in [3.05, 3.63) is 54.1 Å². The number of hydrogen-bond acceptors (Lipinski definition) is 4. The smallest absolute Gasteiger partial charge is 0.247 e. The number of rotatable bonds is 8. The van der Waals surface area contributed by atoms with E-state index in [0.717, 1.165) is 31.2 Å². The van der Waals surface area contributed by atoms with E-state index in [1.807, 2.05) is 30.3 Å². The fourth-order valence-corrected chi connectivity index (χ4v) is 3.84. The molecule has 1 saturated carbocycles. The average molecular weight is 411 g/mol. The van der Waals surface area contributed by atoms with Crippen molar-refractivity contribution in [1.29, 1.82) is 0 Å². The van der Waals surface area contributed by atoms with Gasteiger partial charge >= 0.3 is 0 Å². The number of carbonyl (C=O) groups excluding carboxylic acids is 2. The van der Waals surface area contributed by atoms with E-state index in [9.17, 15) is 9.59 Å². The minimum atomic E-state index is -0.673. The summed E-state index contributed by atoms with van der Waals surface area (Å²) in [4.78, 5) is 26.0. The summed E-state index contributed by atoms with van der Waals surface area (Å²) >= 11 is 0. The molecule has 0 bridgehead atoms. The lowest BCUT2D eigenvalue weighted by Gasteiger charge is -2.25. The van der Waals surface area contributed by atoms with Gasteiger partial charge in [-0.2, -0.15) is 0 Å². The Hall–Kier alpha value is -3.02. The van der Waals surface area contributed by atoms with Gasteiger partial charge in [-0.1, -0.05) is 49.6 Å². The fourth-order valence-electron chi connectivity index (χ4n) is 3.84. The zero-order valence-electron chi connectivity index (χ0n) is 17.6. The van der Waals surface area contributed by atoms with Gasteiger partial charge in [-0.25, -0.2) is 0 Å². The van der Waals surface area contributed by atoms with Crippen molar-refractivity contribution in [1.82, 2.24) is 5.32 Å². The maximum absolute atomic E-state index is 13.1. The zero-order chi connectivity index (χ0) is 21.3. The predicted molar refractivity (Wildman–Crippen MR) is 117 cm³/mol. The summed E-state index contributed by atoms with van der Waals surface area (Å²) in [6, 6.07) is 14.2. The summed E-state index contributed by atoms with van der Waals surface area (Å²) in [5.41, 5.74) is 1.52. The Morgan fingerprint density at radius 3 is 2.40 bits per heavy atom. The van der Waals surface area contributed by atoms with Crippen molar-refractivity contribution in [2.24, 2.45) is 5.92 Å². The minimum absolute atomic E-state index is 0.0136. The predicted octanol–water partition coefficient (Wildman–Crippen LogP) is 3.95. The monoisotopic (exact) mass is 410 g/mol. The lowest BCUT2D eigenvalue weighted by atomic mass is 9.88. The summed E-state index contributed by atoms with van der Waals surface area (Å²) in [7, 11) is 3.11. The third-order valence-corrected chi connectivity index (χ3v) is 5.56. The Balaban J connectivity index is 1.76. The number of ether oxygens (including phenoxy) is 2. The van der Waals surface area contributed by atoms with E-state index in [-0.39, 0.29) is 17.7 Å². The average Bonchev–Trinajstić information content (AvgIpc) is 2.80. The summed E-state index contributed by atoms with van der Waals surface area (Å²) in [5, 5.41) is 5.91. The molecule has 0 radical (unpaired) electrons. The van der Waals surface area contributed by atoms with Gasteiger partial charge in [0.1, 0.15) is 17.5 Å². The molecule has 1 aliphatic rings. The number of anilines is 1. The van der Waals surface area contributed by atoms with Gasteiger partial charge in [0.15, 0.2) is 0 Å². The molecule has 2 aromatic carbocycles. The van der Waals surface area contributed by atoms with Crippen molar-refractivity contribution in [2.75, 3.05) is 19.5 Å². The van der Waals surface area contributed by atoms with Gasteiger partial charge in [-0.15, -0.1) is 0 Å². The number of amides is 2. The Bertz CT molecular complexity index is 848. The molecule has 0 aliphatic heterocycles. The van der Waals surface area contributed by atoms with Gasteiger partial charge in [0.2, 0.25) is 11.8 Å². The highest BCUT2D eigenvalue weighted by molar-refractivity contribution is 5.98. The first-order valence-corrected chi connectivity index (χ1v) is 10.5. The summed E-state index contributed by atoms with van der Waals surface area (Å²) in [6.45, 7) is 0. The molecule has 1 atom stereocenters. The van der Waals surface area contributed by atoms with E-state index in [2.05, 4.69) is 10.6 Å². The number of carbonyl (C=O) groups is 2. The highest BCUT2D eigenvalue weighted by Gasteiger charge is 2.27. The van der Waals surface area contributed by atoms with Crippen LogP contribution in [-0.4, -0.2) is 32.1 Å². The molecule has 6 heteroatoms. The van der Waals surface area contributed by atoms with E-state index in [0.29, 0.717) is 23.6 Å². The summed E-state index contributed by atoms with van der Waals surface area (Å²) in [5.74, 6) is 0.815. The molecule has 3 rings (SSSR count). The van der Waals surface area contributed by atoms with Gasteiger partial charge in [-0.3, -0.25) is 9.59 Å². The van der Waals surface area contributed by atoms with Crippen LogP contribution < -0.4 is 20.1 Å². The van der Waals surface area contributed by atoms with Crippen molar-refractivity contribution < 1.29 is 19.1 Å². The summed E-state index contributed by atoms with van der Waals surface area (Å²) in [6.07, 6.45) is 5.50. The van der Waals surface area contributed by atoms with Crippen LogP contribution in [0.15, 0.2) is 48.5 Å². The Morgan fingerprint density at radius 2 is 1.73 bits per heavy atom. The SMILES string of the molecule is COc1ccc(NC(=O)[C@H](Cc2ccccc2)NC(=O)C2CCCCC2)c(OC)c1. The Labute approximate surface area is 178 Å². The van der Waals surface area contributed by atoms with Crippen molar-refractivity contribution in [2.45, 2.75) is 44.6 Å². The van der Waals surface area contributed by atoms with Gasteiger partial charge < -0.3 is 20.1 Å². The fraction of sp³-hybridized carbons (Fsp3) is 0.417. The summed E-state index contributed by atoms with van der Waals surface area (Å²) < 4.78 is 10.6. The van der Waals surface area contributed by atoms with Crippen LogP contribution in [0, 0.1) is 5.92 Å². The molecule has 2 amide bonds. The molecule has 0 unspecified atom stereocenters. The Morgan fingerprint density at radius 1 is 1.00 bits per heavy atom. The third-order valence-electron chi connectivity index (χ3n) is 5.56. The minimum Gasteiger partial charge on any atom is -0.497 e. The molecule has 30 heavy (non-hydrogen) atoms. The highest BCUT2D eigenvalue weighted by Crippen LogP contribution is 2.29. The standard InChI is InChI=1S/C24H30N2O4/c1-29-19-13-14-20(22(16-19)30-2)25-24(28)21(15-17-9-5-3-6-10-17)26-23(27)18-11-7-4-8-12-18/h3,5-6,9-10,13-14,16,18,21H,4,7-8,11-12,15H2,1-2H3,(H,25,28)(H,26,27)/t21-/m0/s1. The van der Waals surface area contributed by atoms with Gasteiger partial charge in [0, 0.05) is 18.4 Å². The van der Waals surface area contributed by atoms with Crippen LogP contribution >= 0.6 is 0 Å². The second-order valence-electron chi connectivity index (χ2n) is 7.64. The van der Waals surface area contributed by atoms with E-state index in [1.54, 1.807) is 25.3 Å². The van der Waals surface area contributed by atoms with Crippen molar-refractivity contribution in [3.8, 4) is 11.5 Å². The number of methoxy groups -OCH3 is 2. The van der Waals surface area contributed by atoms with E-state index in [4.69, 9.17) is 9.47 Å². The van der Waals surface area contributed by atoms with Gasteiger partial charge in [0.05, 0.1) is 19.9 Å². The molecule has 0 spiro atoms. The zero-order valence-corrected chi connectivity index (χ0v) is 17.6. The normalized spacial score (nSPS) is 15.1. The van der Waals surface area contributed by atoms with Crippen LogP contribution in [0.1, 0.15) is 37.7 Å². The lowest BCUT2D eigenvalue weighted by Crippen LogP contribution is -2.47. The third kappa shape index (κ3) is 5.75. The number of hydrogen-bond donors (Lipinski definition) is 2. The molecule has 2 N–H and O–H groups in total. The molecule has 1 fully saturated rings. The first-order valence-electron chi connectivity index (χ1n) is 10.5. The van der Waals surface area contributed by atoms with Crippen molar-refractivity contribution >= 4 is 17.5 Å². The molecule has 2 aromatic rings. The van der Waals surface area contributed by atoms with Crippen LogP contribution in [0.25, 0.3) is 0 Å². The first-order chi connectivity index (χ1) is 14.6. The van der Waals surface area contributed by atoms with Crippen LogP contribution in [0.4, 0.5) is 5.69 Å². The second kappa shape index (κ2) is 10.7. The molecule has 6 nitrogen and oxygen atoms in total. The quantitative estimate of drug-likeness (QED) is 0.691. The van der Waals surface area contributed by atoms with E-state index >= 15 is 0 Å². The topological polar surface area (TPSA) is 76.7 Å². The number of benzene rings is 2. The van der Waals surface area contributed by atoms with Crippen LogP contribution in [0.5, 0.6) is 11.5 Å². The van der Waals surface area contributed by atoms with Gasteiger partial charge in [0.25, 0.3) is 0 Å².